The van der Waals surface area contributed by atoms with Gasteiger partial charge in [0.2, 0.25) is 11.8 Å². The number of carbonyl (C=O) groups is 1. The van der Waals surface area contributed by atoms with E-state index in [1.165, 1.54) is 5.56 Å². The molecular weight excluding hydrogens is 466 g/mol. The van der Waals surface area contributed by atoms with Gasteiger partial charge in [0.1, 0.15) is 6.54 Å². The average molecular weight is 498 g/mol. The zero-order valence-corrected chi connectivity index (χ0v) is 21.2. The Morgan fingerprint density at radius 3 is 2.49 bits per heavy atom. The van der Waals surface area contributed by atoms with E-state index in [0.29, 0.717) is 48.2 Å². The minimum Gasteiger partial charge on any atom is -0.490 e. The molecule has 0 atom stereocenters. The van der Waals surface area contributed by atoms with E-state index in [0.717, 1.165) is 24.0 Å². The maximum absolute atomic E-state index is 13.7. The number of hydrogen-bond acceptors (Lipinski definition) is 4. The molecule has 1 aliphatic heterocycles. The molecule has 0 fully saturated rings. The van der Waals surface area contributed by atoms with Gasteiger partial charge in [-0.25, -0.2) is 9.36 Å². The molecule has 1 amide bonds. The van der Waals surface area contributed by atoms with Crippen LogP contribution in [0.15, 0.2) is 77.6 Å². The molecule has 1 aliphatic rings. The first-order valence-electron chi connectivity index (χ1n) is 12.8. The first-order chi connectivity index (χ1) is 18.1. The van der Waals surface area contributed by atoms with Crippen LogP contribution in [-0.4, -0.2) is 28.4 Å². The normalized spacial score (nSPS) is 11.8. The summed E-state index contributed by atoms with van der Waals surface area (Å²) in [5, 5.41) is 2.99. The first kappa shape index (κ1) is 24.4. The molecule has 3 aromatic carbocycles. The molecule has 7 heteroatoms. The Morgan fingerprint density at radius 1 is 0.973 bits per heavy atom. The Labute approximate surface area is 216 Å². The third-order valence-electron chi connectivity index (χ3n) is 6.57. The number of aromatic nitrogens is 2. The molecule has 0 unspecified atom stereocenters. The lowest BCUT2D eigenvalue weighted by Gasteiger charge is -2.21. The summed E-state index contributed by atoms with van der Waals surface area (Å²) in [5.74, 6) is 1.40. The van der Waals surface area contributed by atoms with Gasteiger partial charge in [0.25, 0.3) is 5.56 Å². The number of rotatable bonds is 9. The molecule has 0 bridgehead atoms. The lowest BCUT2D eigenvalue weighted by atomic mass is 10.0. The van der Waals surface area contributed by atoms with Gasteiger partial charge < -0.3 is 14.8 Å². The third-order valence-corrected chi connectivity index (χ3v) is 6.57. The van der Waals surface area contributed by atoms with Crippen LogP contribution in [0.2, 0.25) is 0 Å². The monoisotopic (exact) mass is 497 g/mol. The van der Waals surface area contributed by atoms with E-state index in [1.807, 2.05) is 79.7 Å². The summed E-state index contributed by atoms with van der Waals surface area (Å²) in [6.07, 6.45) is 2.03. The van der Waals surface area contributed by atoms with Crippen molar-refractivity contribution in [1.82, 2.24) is 14.7 Å². The highest BCUT2D eigenvalue weighted by Gasteiger charge is 2.30. The number of ether oxygens (including phenoxy) is 2. The summed E-state index contributed by atoms with van der Waals surface area (Å²) in [7, 11) is 0. The predicted molar refractivity (Wildman–Crippen MR) is 143 cm³/mol. The molecule has 190 valence electrons. The summed E-state index contributed by atoms with van der Waals surface area (Å²) in [5.41, 5.74) is 4.22. The second-order valence-electron chi connectivity index (χ2n) is 9.02. The highest BCUT2D eigenvalue weighted by atomic mass is 16.5. The van der Waals surface area contributed by atoms with Crippen LogP contribution < -0.4 is 20.3 Å². The highest BCUT2D eigenvalue weighted by Crippen LogP contribution is 2.42. The zero-order valence-electron chi connectivity index (χ0n) is 21.2. The average Bonchev–Trinajstić information content (AvgIpc) is 3.18. The quantitative estimate of drug-likeness (QED) is 0.322. The van der Waals surface area contributed by atoms with Crippen molar-refractivity contribution in [2.75, 3.05) is 13.2 Å². The topological polar surface area (TPSA) is 74.5 Å². The molecule has 0 radical (unpaired) electrons. The van der Waals surface area contributed by atoms with Crippen molar-refractivity contribution in [3.05, 3.63) is 105 Å². The Morgan fingerprint density at radius 2 is 1.76 bits per heavy atom. The van der Waals surface area contributed by atoms with E-state index < -0.39 is 0 Å². The van der Waals surface area contributed by atoms with Crippen LogP contribution in [0.25, 0.3) is 5.69 Å². The second-order valence-corrected chi connectivity index (χ2v) is 9.02. The molecule has 2 heterocycles. The number of para-hydroxylation sites is 1. The van der Waals surface area contributed by atoms with E-state index >= 15 is 0 Å². The predicted octanol–water partition coefficient (Wildman–Crippen LogP) is 4.66. The van der Waals surface area contributed by atoms with Crippen molar-refractivity contribution in [1.29, 1.82) is 0 Å². The largest absolute Gasteiger partial charge is 0.490 e. The fourth-order valence-corrected chi connectivity index (χ4v) is 4.67. The first-order valence-corrected chi connectivity index (χ1v) is 12.8. The van der Waals surface area contributed by atoms with Gasteiger partial charge in [-0.1, -0.05) is 61.5 Å². The number of amides is 1. The van der Waals surface area contributed by atoms with Crippen LogP contribution in [0.5, 0.6) is 17.4 Å². The number of hydrogen-bond donors (Lipinski definition) is 1. The smallest absolute Gasteiger partial charge is 0.278 e. The molecule has 4 aromatic rings. The van der Waals surface area contributed by atoms with Crippen molar-refractivity contribution in [3.8, 4) is 23.1 Å². The molecule has 1 aromatic heterocycles. The second kappa shape index (κ2) is 10.8. The van der Waals surface area contributed by atoms with Crippen LogP contribution in [0.4, 0.5) is 0 Å². The number of nitrogens with zero attached hydrogens (tertiary/aromatic N) is 2. The van der Waals surface area contributed by atoms with Gasteiger partial charge in [-0.3, -0.25) is 9.59 Å². The fourth-order valence-electron chi connectivity index (χ4n) is 4.67. The molecule has 0 aliphatic carbocycles. The Hall–Kier alpha value is -4.26. The Kier molecular flexibility index (Phi) is 7.12. The van der Waals surface area contributed by atoms with E-state index in [9.17, 15) is 9.59 Å². The third kappa shape index (κ3) is 5.03. The van der Waals surface area contributed by atoms with Gasteiger partial charge in [0, 0.05) is 18.5 Å². The van der Waals surface area contributed by atoms with E-state index in [2.05, 4.69) is 12.2 Å². The Balaban J connectivity index is 1.49. The van der Waals surface area contributed by atoms with Crippen molar-refractivity contribution in [2.45, 2.75) is 39.7 Å². The molecule has 1 N–H and O–H groups in total. The van der Waals surface area contributed by atoms with Gasteiger partial charge in [-0.15, -0.1) is 0 Å². The molecule has 37 heavy (non-hydrogen) atoms. The SMILES string of the molecule is CCOc1cccc2c1Oc1c(c(=O)n(-c3ccc(CC)cc3)n1CC(=O)NCCc1ccccc1)C2. The van der Waals surface area contributed by atoms with Gasteiger partial charge >= 0.3 is 0 Å². The van der Waals surface area contributed by atoms with Gasteiger partial charge in [-0.2, -0.15) is 0 Å². The van der Waals surface area contributed by atoms with Crippen LogP contribution >= 0.6 is 0 Å². The van der Waals surface area contributed by atoms with E-state index in [4.69, 9.17) is 9.47 Å². The van der Waals surface area contributed by atoms with Crippen LogP contribution in [-0.2, 0) is 30.6 Å². The number of nitrogens with one attached hydrogen (secondary N) is 1. The van der Waals surface area contributed by atoms with Crippen molar-refractivity contribution >= 4 is 5.91 Å². The standard InChI is InChI=1S/C30H31N3O4/c1-3-21-13-15-24(16-14-21)33-29(35)25-19-23-11-8-12-26(36-4-2)28(23)37-30(25)32(33)20-27(34)31-18-17-22-9-6-5-7-10-22/h5-16H,3-4,17-20H2,1-2H3,(H,31,34). The lowest BCUT2D eigenvalue weighted by molar-refractivity contribution is -0.122. The van der Waals surface area contributed by atoms with Gasteiger partial charge in [0.05, 0.1) is 17.9 Å². The summed E-state index contributed by atoms with van der Waals surface area (Å²) >= 11 is 0. The molecule has 5 rings (SSSR count). The van der Waals surface area contributed by atoms with Gasteiger partial charge in [-0.05, 0) is 49.1 Å². The number of benzene rings is 3. The highest BCUT2D eigenvalue weighted by molar-refractivity contribution is 5.76. The van der Waals surface area contributed by atoms with E-state index in [1.54, 1.807) is 9.36 Å². The van der Waals surface area contributed by atoms with Crippen molar-refractivity contribution < 1.29 is 14.3 Å². The summed E-state index contributed by atoms with van der Waals surface area (Å²) in [6, 6.07) is 23.5. The molecule has 0 spiro atoms. The minimum atomic E-state index is -0.194. The number of carbonyl (C=O) groups excluding carboxylic acids is 1. The van der Waals surface area contributed by atoms with Crippen molar-refractivity contribution in [3.63, 3.8) is 0 Å². The molecule has 0 saturated carbocycles. The summed E-state index contributed by atoms with van der Waals surface area (Å²) in [6.45, 7) is 4.94. The van der Waals surface area contributed by atoms with Crippen LogP contribution in [0.3, 0.4) is 0 Å². The molecule has 7 nitrogen and oxygen atoms in total. The number of fused-ring (bicyclic) bond motifs is 2. The fraction of sp³-hybridized carbons (Fsp3) is 0.267. The lowest BCUT2D eigenvalue weighted by Crippen LogP contribution is -2.32. The molecular formula is C30H31N3O4. The van der Waals surface area contributed by atoms with E-state index in [-0.39, 0.29) is 18.0 Å². The molecule has 0 saturated heterocycles. The van der Waals surface area contributed by atoms with Gasteiger partial charge in [0.15, 0.2) is 11.5 Å². The zero-order chi connectivity index (χ0) is 25.8. The Bertz CT molecular complexity index is 1450. The van der Waals surface area contributed by atoms with Crippen LogP contribution in [0, 0.1) is 0 Å². The minimum absolute atomic E-state index is 0.0545. The van der Waals surface area contributed by atoms with Crippen LogP contribution in [0.1, 0.15) is 36.1 Å². The maximum Gasteiger partial charge on any atom is 0.278 e. The van der Waals surface area contributed by atoms with Crippen molar-refractivity contribution in [2.24, 2.45) is 0 Å². The summed E-state index contributed by atoms with van der Waals surface area (Å²) < 4.78 is 15.3. The summed E-state index contributed by atoms with van der Waals surface area (Å²) in [4.78, 5) is 26.8. The number of aryl methyl sites for hydroxylation is 1. The maximum atomic E-state index is 13.7.